The Kier molecular flexibility index (Phi) is 8.27. The van der Waals surface area contributed by atoms with Crippen LogP contribution in [0.25, 0.3) is 0 Å². The molecule has 0 saturated carbocycles. The fourth-order valence-corrected chi connectivity index (χ4v) is 3.89. The van der Waals surface area contributed by atoms with Crippen LogP contribution in [0.4, 0.5) is 20.2 Å². The number of aromatic nitrogens is 1. The lowest BCUT2D eigenvalue weighted by atomic mass is 10.1. The molecule has 10 heteroatoms. The number of hydrogen-bond donors (Lipinski definition) is 2. The van der Waals surface area contributed by atoms with E-state index in [2.05, 4.69) is 25.5 Å². The minimum atomic E-state index is -2.77. The van der Waals surface area contributed by atoms with Gasteiger partial charge in [0.2, 0.25) is 0 Å². The summed E-state index contributed by atoms with van der Waals surface area (Å²) >= 11 is 0. The number of alkyl halides is 2. The van der Waals surface area contributed by atoms with E-state index < -0.39 is 12.3 Å². The van der Waals surface area contributed by atoms with E-state index in [4.69, 9.17) is 0 Å². The molecular weight excluding hydrogens is 442 g/mol. The second-order valence-corrected chi connectivity index (χ2v) is 8.13. The minimum Gasteiger partial charge on any atom is -0.367 e. The molecule has 2 N–H and O–H groups in total. The third-order valence-electron chi connectivity index (χ3n) is 5.85. The second kappa shape index (κ2) is 11.1. The van der Waals surface area contributed by atoms with Crippen LogP contribution >= 0.6 is 0 Å². The molecule has 1 fully saturated rings. The molecule has 0 radical (unpaired) electrons. The summed E-state index contributed by atoms with van der Waals surface area (Å²) in [6.07, 6.45) is -2.77. The number of hydrogen-bond acceptors (Lipinski definition) is 6. The van der Waals surface area contributed by atoms with Gasteiger partial charge in [-0.2, -0.15) is 0 Å². The molecule has 1 aromatic carbocycles. The quantitative estimate of drug-likeness (QED) is 0.605. The molecule has 0 spiro atoms. The van der Waals surface area contributed by atoms with Crippen molar-refractivity contribution in [2.24, 2.45) is 4.99 Å². The number of piperazine rings is 1. The highest BCUT2D eigenvalue weighted by Crippen LogP contribution is 2.29. The van der Waals surface area contributed by atoms with Crippen molar-refractivity contribution in [1.29, 1.82) is 0 Å². The Balaban J connectivity index is 1.66. The van der Waals surface area contributed by atoms with Gasteiger partial charge in [-0.05, 0) is 49.2 Å². The second-order valence-electron chi connectivity index (χ2n) is 8.13. The monoisotopic (exact) mass is 472 g/mol. The van der Waals surface area contributed by atoms with E-state index in [1.165, 1.54) is 13.1 Å². The number of benzene rings is 1. The van der Waals surface area contributed by atoms with Crippen molar-refractivity contribution in [3.05, 3.63) is 52.8 Å². The maximum absolute atomic E-state index is 13.7. The number of aryl methyl sites for hydroxylation is 1. The number of nitrogens with one attached hydrogen (secondary N) is 2. The Labute approximate surface area is 198 Å². The van der Waals surface area contributed by atoms with Crippen molar-refractivity contribution in [2.75, 3.05) is 45.2 Å². The Morgan fingerprint density at radius 2 is 1.79 bits per heavy atom. The largest absolute Gasteiger partial charge is 0.367 e. The van der Waals surface area contributed by atoms with Gasteiger partial charge in [0.1, 0.15) is 17.1 Å². The molecule has 34 heavy (non-hydrogen) atoms. The van der Waals surface area contributed by atoms with Gasteiger partial charge in [0.15, 0.2) is 0 Å². The first kappa shape index (κ1) is 25.2. The number of amides is 2. The van der Waals surface area contributed by atoms with Gasteiger partial charge in [0.05, 0.1) is 11.4 Å². The molecule has 1 saturated heterocycles. The van der Waals surface area contributed by atoms with Gasteiger partial charge in [-0.1, -0.05) is 6.07 Å². The molecule has 8 nitrogen and oxygen atoms in total. The van der Waals surface area contributed by atoms with E-state index >= 15 is 0 Å². The zero-order valence-corrected chi connectivity index (χ0v) is 19.9. The minimum absolute atomic E-state index is 0.0195. The molecule has 182 valence electrons. The third kappa shape index (κ3) is 5.93. The van der Waals surface area contributed by atoms with Crippen molar-refractivity contribution in [2.45, 2.75) is 26.8 Å². The molecule has 2 aromatic rings. The Bertz CT molecular complexity index is 1080. The first-order valence-corrected chi connectivity index (χ1v) is 11.1. The van der Waals surface area contributed by atoms with E-state index in [0.717, 1.165) is 23.4 Å². The Morgan fingerprint density at radius 1 is 1.09 bits per heavy atom. The zero-order chi connectivity index (χ0) is 24.8. The molecular formula is C24H30F2N6O2. The molecule has 1 aliphatic heterocycles. The van der Waals surface area contributed by atoms with Gasteiger partial charge in [-0.25, -0.2) is 18.8 Å². The lowest BCUT2D eigenvalue weighted by Gasteiger charge is -2.37. The molecule has 2 amide bonds. The summed E-state index contributed by atoms with van der Waals surface area (Å²) in [6, 6.07) is 8.88. The first-order chi connectivity index (χ1) is 16.2. The van der Waals surface area contributed by atoms with Crippen LogP contribution in [-0.2, 0) is 11.3 Å². The van der Waals surface area contributed by atoms with Gasteiger partial charge in [0.25, 0.3) is 18.2 Å². The Hall–Kier alpha value is -3.40. The van der Waals surface area contributed by atoms with E-state index in [0.29, 0.717) is 37.6 Å². The van der Waals surface area contributed by atoms with E-state index in [9.17, 15) is 18.4 Å². The lowest BCUT2D eigenvalue weighted by Crippen LogP contribution is -2.46. The summed E-state index contributed by atoms with van der Waals surface area (Å²) in [6.45, 7) is 6.97. The van der Waals surface area contributed by atoms with Gasteiger partial charge >= 0.3 is 0 Å². The maximum atomic E-state index is 13.7. The van der Waals surface area contributed by atoms with Gasteiger partial charge in [-0.15, -0.1) is 0 Å². The molecule has 0 atom stereocenters. The Morgan fingerprint density at radius 3 is 2.38 bits per heavy atom. The maximum Gasteiger partial charge on any atom is 0.282 e. The SMILES string of the molecule is CNC(=O)/C(C)=N\c1ccc(CN2CCN(c3ccc(C(=O)NC)nc3C(F)F)CC2)c(C)c1. The average Bonchev–Trinajstić information content (AvgIpc) is 2.84. The fraction of sp³-hybridized carbons (Fsp3) is 0.417. The number of rotatable bonds is 7. The number of carbonyl (C=O) groups is 2. The van der Waals surface area contributed by atoms with Gasteiger partial charge in [-0.3, -0.25) is 14.5 Å². The van der Waals surface area contributed by atoms with Gasteiger partial charge in [0, 0.05) is 46.8 Å². The summed E-state index contributed by atoms with van der Waals surface area (Å²) in [7, 11) is 3.01. The summed E-state index contributed by atoms with van der Waals surface area (Å²) in [5.41, 5.74) is 3.32. The van der Waals surface area contributed by atoms with Crippen molar-refractivity contribution < 1.29 is 18.4 Å². The standard InChI is InChI=1S/C24H30F2N6O2/c1-15-13-18(29-16(2)23(33)27-3)6-5-17(15)14-31-9-11-32(12-10-31)20-8-7-19(24(34)28-4)30-21(20)22(25)26/h5-8,13,22H,9-12,14H2,1-4H3,(H,27,33)(H,28,34)/b29-16-. The van der Waals surface area contributed by atoms with Crippen molar-refractivity contribution >= 4 is 28.9 Å². The first-order valence-electron chi connectivity index (χ1n) is 11.1. The highest BCUT2D eigenvalue weighted by molar-refractivity contribution is 6.38. The van der Waals surface area contributed by atoms with Gasteiger partial charge < -0.3 is 15.5 Å². The summed E-state index contributed by atoms with van der Waals surface area (Å²) in [5, 5.41) is 4.97. The molecule has 0 aliphatic carbocycles. The van der Waals surface area contributed by atoms with Crippen LogP contribution in [0.15, 0.2) is 35.3 Å². The van der Waals surface area contributed by atoms with Crippen molar-refractivity contribution in [3.63, 3.8) is 0 Å². The predicted molar refractivity (Wildman–Crippen MR) is 128 cm³/mol. The highest BCUT2D eigenvalue weighted by Gasteiger charge is 2.25. The van der Waals surface area contributed by atoms with Crippen LogP contribution in [-0.4, -0.2) is 67.7 Å². The number of carbonyl (C=O) groups excluding carboxylic acids is 2. The van der Waals surface area contributed by atoms with Crippen LogP contribution in [0.1, 0.15) is 40.7 Å². The lowest BCUT2D eigenvalue weighted by molar-refractivity contribution is -0.114. The smallest absolute Gasteiger partial charge is 0.282 e. The van der Waals surface area contributed by atoms with Crippen LogP contribution in [0.5, 0.6) is 0 Å². The predicted octanol–water partition coefficient (Wildman–Crippen LogP) is 2.85. The fourth-order valence-electron chi connectivity index (χ4n) is 3.89. The molecule has 0 bridgehead atoms. The average molecular weight is 473 g/mol. The normalized spacial score (nSPS) is 14.9. The van der Waals surface area contributed by atoms with Crippen LogP contribution in [0.3, 0.4) is 0 Å². The number of halogens is 2. The van der Waals surface area contributed by atoms with Crippen LogP contribution in [0.2, 0.25) is 0 Å². The molecule has 1 aromatic heterocycles. The molecule has 3 rings (SSSR count). The van der Waals surface area contributed by atoms with Crippen LogP contribution in [0, 0.1) is 6.92 Å². The number of anilines is 1. The molecule has 1 aliphatic rings. The summed E-state index contributed by atoms with van der Waals surface area (Å²) < 4.78 is 27.3. The summed E-state index contributed by atoms with van der Waals surface area (Å²) in [4.78, 5) is 35.9. The summed E-state index contributed by atoms with van der Waals surface area (Å²) in [5.74, 6) is -0.706. The van der Waals surface area contributed by atoms with E-state index in [1.54, 1.807) is 20.0 Å². The third-order valence-corrected chi connectivity index (χ3v) is 5.85. The number of nitrogens with zero attached hydrogens (tertiary/aromatic N) is 4. The van der Waals surface area contributed by atoms with Crippen molar-refractivity contribution in [1.82, 2.24) is 20.5 Å². The van der Waals surface area contributed by atoms with E-state index in [1.807, 2.05) is 30.0 Å². The number of aliphatic imine (C=N–C) groups is 1. The van der Waals surface area contributed by atoms with E-state index in [-0.39, 0.29) is 17.3 Å². The zero-order valence-electron chi connectivity index (χ0n) is 19.9. The van der Waals surface area contributed by atoms with Crippen LogP contribution < -0.4 is 15.5 Å². The molecule has 2 heterocycles. The van der Waals surface area contributed by atoms with Crippen molar-refractivity contribution in [3.8, 4) is 0 Å². The molecule has 0 unspecified atom stereocenters. The highest BCUT2D eigenvalue weighted by atomic mass is 19.3. The topological polar surface area (TPSA) is 89.9 Å². The number of pyridine rings is 1.